The number of thioether (sulfide) groups is 1. The van der Waals surface area contributed by atoms with Crippen LogP contribution in [0.25, 0.3) is 0 Å². The van der Waals surface area contributed by atoms with E-state index < -0.39 is 11.9 Å². The molecule has 2 atom stereocenters. The molecule has 4 nitrogen and oxygen atoms in total. The van der Waals surface area contributed by atoms with E-state index in [0.29, 0.717) is 12.1 Å². The van der Waals surface area contributed by atoms with Gasteiger partial charge in [-0.25, -0.2) is 0 Å². The molecule has 3 rings (SSSR count). The molecule has 2 aromatic rings. The van der Waals surface area contributed by atoms with Crippen molar-refractivity contribution in [2.24, 2.45) is 5.92 Å². The van der Waals surface area contributed by atoms with Crippen molar-refractivity contribution in [1.29, 1.82) is 0 Å². The van der Waals surface area contributed by atoms with Crippen LogP contribution in [0.4, 0.5) is 0 Å². The number of carboxylic acid groups (broad SMARTS) is 1. The summed E-state index contributed by atoms with van der Waals surface area (Å²) in [5.41, 5.74) is 2.54. The third kappa shape index (κ3) is 3.56. The van der Waals surface area contributed by atoms with Gasteiger partial charge < -0.3 is 10.0 Å². The van der Waals surface area contributed by atoms with Crippen molar-refractivity contribution in [3.05, 3.63) is 65.2 Å². The summed E-state index contributed by atoms with van der Waals surface area (Å²) in [5, 5.41) is 9.61. The average Bonchev–Trinajstić information content (AvgIpc) is 3.08. The van der Waals surface area contributed by atoms with E-state index in [1.807, 2.05) is 61.7 Å². The van der Waals surface area contributed by atoms with Gasteiger partial charge in [0.05, 0.1) is 5.92 Å². The lowest BCUT2D eigenvalue weighted by Gasteiger charge is -2.18. The lowest BCUT2D eigenvalue weighted by atomic mass is 9.89. The molecule has 1 amide bonds. The molecule has 1 heterocycles. The summed E-state index contributed by atoms with van der Waals surface area (Å²) in [7, 11) is 0. The van der Waals surface area contributed by atoms with Crippen LogP contribution < -0.4 is 0 Å². The first-order chi connectivity index (χ1) is 12.0. The monoisotopic (exact) mass is 355 g/mol. The Bertz CT molecular complexity index is 791. The molecule has 5 heteroatoms. The number of aliphatic carboxylic acids is 1. The molecule has 0 saturated carbocycles. The fourth-order valence-electron chi connectivity index (χ4n) is 3.39. The summed E-state index contributed by atoms with van der Waals surface area (Å²) in [5.74, 6) is -1.68. The zero-order valence-electron chi connectivity index (χ0n) is 14.3. The highest BCUT2D eigenvalue weighted by atomic mass is 32.2. The number of carboxylic acids is 1. The maximum atomic E-state index is 13.0. The molecule has 1 aliphatic rings. The minimum atomic E-state index is -0.848. The molecule has 2 aromatic carbocycles. The van der Waals surface area contributed by atoms with Gasteiger partial charge in [-0.15, -0.1) is 11.8 Å². The number of likely N-dealkylation sites (tertiary alicyclic amines) is 1. The molecule has 1 fully saturated rings. The number of benzene rings is 2. The van der Waals surface area contributed by atoms with Crippen molar-refractivity contribution in [2.75, 3.05) is 19.3 Å². The number of hydrogen-bond acceptors (Lipinski definition) is 3. The van der Waals surface area contributed by atoms with Crippen LogP contribution in [0.2, 0.25) is 0 Å². The Kier molecular flexibility index (Phi) is 5.13. The predicted octanol–water partition coefficient (Wildman–Crippen LogP) is 3.66. The lowest BCUT2D eigenvalue weighted by Crippen LogP contribution is -2.30. The Balaban J connectivity index is 1.89. The van der Waals surface area contributed by atoms with Crippen LogP contribution in [0.15, 0.2) is 53.4 Å². The standard InChI is InChI=1S/C20H21NO3S/c1-13-8-9-15(25-2)10-16(13)19(22)21-11-17(18(12-21)20(23)24)14-6-4-3-5-7-14/h3-10,17-18H,11-12H2,1-2H3,(H,23,24)/t17-,18-/m0/s1. The van der Waals surface area contributed by atoms with Crippen molar-refractivity contribution < 1.29 is 14.7 Å². The molecule has 25 heavy (non-hydrogen) atoms. The van der Waals surface area contributed by atoms with E-state index in [1.165, 1.54) is 0 Å². The summed E-state index contributed by atoms with van der Waals surface area (Å²) in [6.07, 6.45) is 1.97. The first-order valence-corrected chi connectivity index (χ1v) is 9.45. The van der Waals surface area contributed by atoms with E-state index >= 15 is 0 Å². The molecule has 1 aliphatic heterocycles. The minimum Gasteiger partial charge on any atom is -0.481 e. The predicted molar refractivity (Wildman–Crippen MR) is 99.2 cm³/mol. The minimum absolute atomic E-state index is 0.0851. The Labute approximate surface area is 151 Å². The second kappa shape index (κ2) is 7.31. The van der Waals surface area contributed by atoms with Gasteiger partial charge in [-0.1, -0.05) is 36.4 Å². The molecule has 0 spiro atoms. The fourth-order valence-corrected chi connectivity index (χ4v) is 3.83. The first kappa shape index (κ1) is 17.5. The topological polar surface area (TPSA) is 57.6 Å². The maximum Gasteiger partial charge on any atom is 0.308 e. The second-order valence-corrected chi connectivity index (χ2v) is 7.23. The summed E-state index contributed by atoms with van der Waals surface area (Å²) < 4.78 is 0. The molecular weight excluding hydrogens is 334 g/mol. The van der Waals surface area contributed by atoms with Crippen molar-refractivity contribution in [3.8, 4) is 0 Å². The largest absolute Gasteiger partial charge is 0.481 e. The third-order valence-electron chi connectivity index (χ3n) is 4.83. The van der Waals surface area contributed by atoms with Gasteiger partial charge in [0.25, 0.3) is 5.91 Å². The van der Waals surface area contributed by atoms with E-state index in [-0.39, 0.29) is 18.4 Å². The smallest absolute Gasteiger partial charge is 0.308 e. The summed E-state index contributed by atoms with van der Waals surface area (Å²) >= 11 is 1.59. The molecule has 1 saturated heterocycles. The third-order valence-corrected chi connectivity index (χ3v) is 5.55. The average molecular weight is 355 g/mol. The van der Waals surface area contributed by atoms with Crippen molar-refractivity contribution >= 4 is 23.6 Å². The Morgan fingerprint density at radius 1 is 1.12 bits per heavy atom. The summed E-state index contributed by atoms with van der Waals surface area (Å²) in [6, 6.07) is 15.4. The number of rotatable bonds is 4. The highest BCUT2D eigenvalue weighted by Crippen LogP contribution is 2.34. The van der Waals surface area contributed by atoms with Gasteiger partial charge in [0.2, 0.25) is 0 Å². The van der Waals surface area contributed by atoms with Gasteiger partial charge in [-0.2, -0.15) is 0 Å². The van der Waals surface area contributed by atoms with E-state index in [0.717, 1.165) is 16.0 Å². The van der Waals surface area contributed by atoms with Crippen molar-refractivity contribution in [3.63, 3.8) is 0 Å². The van der Waals surface area contributed by atoms with Crippen LogP contribution in [0.1, 0.15) is 27.4 Å². The summed E-state index contributed by atoms with van der Waals surface area (Å²) in [4.78, 5) is 27.4. The SMILES string of the molecule is CSc1ccc(C)c(C(=O)N2C[C@H](C(=O)O)[C@H](c3ccccc3)C2)c1. The molecule has 130 valence electrons. The van der Waals surface area contributed by atoms with Gasteiger partial charge >= 0.3 is 5.97 Å². The van der Waals surface area contributed by atoms with Crippen molar-refractivity contribution in [1.82, 2.24) is 4.90 Å². The van der Waals surface area contributed by atoms with E-state index in [2.05, 4.69) is 0 Å². The number of carbonyl (C=O) groups is 2. The van der Waals surface area contributed by atoms with Crippen LogP contribution in [-0.4, -0.2) is 41.2 Å². The maximum absolute atomic E-state index is 13.0. The summed E-state index contributed by atoms with van der Waals surface area (Å²) in [6.45, 7) is 2.59. The van der Waals surface area contributed by atoms with Crippen LogP contribution in [0.5, 0.6) is 0 Å². The van der Waals surface area contributed by atoms with Crippen molar-refractivity contribution in [2.45, 2.75) is 17.7 Å². The number of carbonyl (C=O) groups excluding carboxylic acids is 1. The molecule has 0 aliphatic carbocycles. The Morgan fingerprint density at radius 2 is 1.84 bits per heavy atom. The molecule has 0 aromatic heterocycles. The van der Waals surface area contributed by atoms with Gasteiger partial charge in [-0.3, -0.25) is 9.59 Å². The quantitative estimate of drug-likeness (QED) is 0.851. The Hall–Kier alpha value is -2.27. The lowest BCUT2D eigenvalue weighted by molar-refractivity contribution is -0.141. The highest BCUT2D eigenvalue weighted by molar-refractivity contribution is 7.98. The molecule has 1 N–H and O–H groups in total. The normalized spacial score (nSPS) is 19.8. The van der Waals surface area contributed by atoms with Gasteiger partial charge in [0, 0.05) is 29.5 Å². The molecule has 0 unspecified atom stereocenters. The second-order valence-electron chi connectivity index (χ2n) is 6.35. The van der Waals surface area contributed by atoms with Crippen LogP contribution in [-0.2, 0) is 4.79 Å². The zero-order chi connectivity index (χ0) is 18.0. The number of amides is 1. The molecular formula is C20H21NO3S. The zero-order valence-corrected chi connectivity index (χ0v) is 15.1. The fraction of sp³-hybridized carbons (Fsp3) is 0.300. The van der Waals surface area contributed by atoms with E-state index in [4.69, 9.17) is 0 Å². The van der Waals surface area contributed by atoms with Crippen LogP contribution in [0.3, 0.4) is 0 Å². The highest BCUT2D eigenvalue weighted by Gasteiger charge is 2.40. The van der Waals surface area contributed by atoms with E-state index in [9.17, 15) is 14.7 Å². The van der Waals surface area contributed by atoms with Gasteiger partial charge in [0.15, 0.2) is 0 Å². The van der Waals surface area contributed by atoms with E-state index in [1.54, 1.807) is 16.7 Å². The van der Waals surface area contributed by atoms with Crippen LogP contribution in [0, 0.1) is 12.8 Å². The Morgan fingerprint density at radius 3 is 2.48 bits per heavy atom. The number of hydrogen-bond donors (Lipinski definition) is 1. The molecule has 0 bridgehead atoms. The molecule has 0 radical (unpaired) electrons. The van der Waals surface area contributed by atoms with Gasteiger partial charge in [-0.05, 0) is 36.4 Å². The van der Waals surface area contributed by atoms with Crippen LogP contribution >= 0.6 is 11.8 Å². The number of aryl methyl sites for hydroxylation is 1. The van der Waals surface area contributed by atoms with Gasteiger partial charge in [0.1, 0.15) is 0 Å². The first-order valence-electron chi connectivity index (χ1n) is 8.23. The number of nitrogens with zero attached hydrogens (tertiary/aromatic N) is 1.